The average molecular weight is 327 g/mol. The lowest BCUT2D eigenvalue weighted by Crippen LogP contribution is -2.38. The molecule has 3 rings (SSSR count). The standard InChI is InChI=1S/C14H19BrN2O2/c15-11-1-2-13(17-4-7-18-8-5-17)12(9-11)14-10-16-3-6-19-14/h1-2,9,14,16H,3-8,10H2. The monoisotopic (exact) mass is 326 g/mol. The summed E-state index contributed by atoms with van der Waals surface area (Å²) in [7, 11) is 0. The Labute approximate surface area is 122 Å². The zero-order chi connectivity index (χ0) is 13.1. The third kappa shape index (κ3) is 3.11. The van der Waals surface area contributed by atoms with E-state index in [0.717, 1.165) is 50.5 Å². The highest BCUT2D eigenvalue weighted by Crippen LogP contribution is 2.32. The van der Waals surface area contributed by atoms with Gasteiger partial charge in [-0.25, -0.2) is 0 Å². The molecule has 1 N–H and O–H groups in total. The van der Waals surface area contributed by atoms with E-state index >= 15 is 0 Å². The van der Waals surface area contributed by atoms with Gasteiger partial charge in [-0.15, -0.1) is 0 Å². The second kappa shape index (κ2) is 6.22. The maximum absolute atomic E-state index is 5.91. The second-order valence-corrected chi connectivity index (χ2v) is 5.78. The van der Waals surface area contributed by atoms with Gasteiger partial charge in [-0.05, 0) is 18.2 Å². The van der Waals surface area contributed by atoms with Crippen molar-refractivity contribution in [1.29, 1.82) is 0 Å². The number of rotatable bonds is 2. The molecule has 2 aliphatic heterocycles. The van der Waals surface area contributed by atoms with Crippen LogP contribution < -0.4 is 10.2 Å². The van der Waals surface area contributed by atoms with Gasteiger partial charge in [-0.3, -0.25) is 0 Å². The Balaban J connectivity index is 1.88. The fourth-order valence-electron chi connectivity index (χ4n) is 2.64. The minimum atomic E-state index is 0.143. The molecule has 0 aliphatic carbocycles. The summed E-state index contributed by atoms with van der Waals surface area (Å²) in [6, 6.07) is 6.47. The van der Waals surface area contributed by atoms with Gasteiger partial charge in [0, 0.05) is 41.9 Å². The first-order chi connectivity index (χ1) is 9.34. The number of ether oxygens (including phenoxy) is 2. The van der Waals surface area contributed by atoms with E-state index in [4.69, 9.17) is 9.47 Å². The van der Waals surface area contributed by atoms with E-state index in [0.29, 0.717) is 0 Å². The lowest BCUT2D eigenvalue weighted by atomic mass is 10.0. The van der Waals surface area contributed by atoms with Gasteiger partial charge in [0.25, 0.3) is 0 Å². The van der Waals surface area contributed by atoms with E-state index in [1.54, 1.807) is 0 Å². The smallest absolute Gasteiger partial charge is 0.0970 e. The van der Waals surface area contributed by atoms with Crippen LogP contribution in [0.4, 0.5) is 5.69 Å². The molecule has 0 bridgehead atoms. The van der Waals surface area contributed by atoms with Crippen molar-refractivity contribution in [2.24, 2.45) is 0 Å². The van der Waals surface area contributed by atoms with E-state index in [1.165, 1.54) is 11.3 Å². The Kier molecular flexibility index (Phi) is 4.38. The van der Waals surface area contributed by atoms with Crippen LogP contribution in [0.3, 0.4) is 0 Å². The van der Waals surface area contributed by atoms with E-state index in [1.807, 2.05) is 0 Å². The van der Waals surface area contributed by atoms with Crippen molar-refractivity contribution in [2.75, 3.05) is 50.9 Å². The molecule has 5 heteroatoms. The Morgan fingerprint density at radius 3 is 2.79 bits per heavy atom. The molecular formula is C14H19BrN2O2. The van der Waals surface area contributed by atoms with Crippen LogP contribution in [-0.4, -0.2) is 46.0 Å². The molecule has 2 saturated heterocycles. The first kappa shape index (κ1) is 13.4. The molecule has 2 aliphatic rings. The summed E-state index contributed by atoms with van der Waals surface area (Å²) in [5.41, 5.74) is 2.55. The van der Waals surface area contributed by atoms with Crippen LogP contribution in [0.25, 0.3) is 0 Å². The second-order valence-electron chi connectivity index (χ2n) is 4.87. The first-order valence-electron chi connectivity index (χ1n) is 6.79. The van der Waals surface area contributed by atoms with E-state index < -0.39 is 0 Å². The SMILES string of the molecule is Brc1ccc(N2CCOCC2)c(C2CNCCO2)c1. The maximum atomic E-state index is 5.91. The highest BCUT2D eigenvalue weighted by atomic mass is 79.9. The van der Waals surface area contributed by atoms with E-state index in [-0.39, 0.29) is 6.10 Å². The summed E-state index contributed by atoms with van der Waals surface area (Å²) >= 11 is 3.57. The fourth-order valence-corrected chi connectivity index (χ4v) is 3.02. The van der Waals surface area contributed by atoms with Crippen LogP contribution in [0.1, 0.15) is 11.7 Å². The van der Waals surface area contributed by atoms with E-state index in [9.17, 15) is 0 Å². The third-order valence-corrected chi connectivity index (χ3v) is 4.11. The topological polar surface area (TPSA) is 33.7 Å². The van der Waals surface area contributed by atoms with Crippen molar-refractivity contribution >= 4 is 21.6 Å². The summed E-state index contributed by atoms with van der Waals surface area (Å²) < 4.78 is 12.5. The van der Waals surface area contributed by atoms with Gasteiger partial charge < -0.3 is 19.7 Å². The summed E-state index contributed by atoms with van der Waals surface area (Å²) in [5.74, 6) is 0. The van der Waals surface area contributed by atoms with Gasteiger partial charge in [0.1, 0.15) is 0 Å². The quantitative estimate of drug-likeness (QED) is 0.900. The number of hydrogen-bond acceptors (Lipinski definition) is 4. The molecule has 2 fully saturated rings. The highest BCUT2D eigenvalue weighted by Gasteiger charge is 2.22. The minimum absolute atomic E-state index is 0.143. The third-order valence-electron chi connectivity index (χ3n) is 3.62. The largest absolute Gasteiger partial charge is 0.378 e. The lowest BCUT2D eigenvalue weighted by Gasteiger charge is -2.33. The predicted octanol–water partition coefficient (Wildman–Crippen LogP) is 1.95. The highest BCUT2D eigenvalue weighted by molar-refractivity contribution is 9.10. The van der Waals surface area contributed by atoms with Gasteiger partial charge >= 0.3 is 0 Å². The molecule has 0 saturated carbocycles. The molecule has 4 nitrogen and oxygen atoms in total. The molecule has 2 heterocycles. The summed E-state index contributed by atoms with van der Waals surface area (Å²) in [4.78, 5) is 2.39. The number of nitrogens with one attached hydrogen (secondary N) is 1. The molecule has 1 atom stereocenters. The zero-order valence-corrected chi connectivity index (χ0v) is 12.5. The molecule has 1 aromatic carbocycles. The number of anilines is 1. The van der Waals surface area contributed by atoms with Crippen LogP contribution in [0.5, 0.6) is 0 Å². The molecule has 0 aromatic heterocycles. The minimum Gasteiger partial charge on any atom is -0.378 e. The molecule has 1 unspecified atom stereocenters. The number of morpholine rings is 2. The average Bonchev–Trinajstić information content (AvgIpc) is 2.49. The first-order valence-corrected chi connectivity index (χ1v) is 7.58. The van der Waals surface area contributed by atoms with Crippen molar-refractivity contribution in [2.45, 2.75) is 6.10 Å². The molecule has 0 spiro atoms. The number of hydrogen-bond donors (Lipinski definition) is 1. The van der Waals surface area contributed by atoms with Crippen LogP contribution in [-0.2, 0) is 9.47 Å². The molecule has 104 valence electrons. The van der Waals surface area contributed by atoms with Gasteiger partial charge in [0.2, 0.25) is 0 Å². The Bertz CT molecular complexity index is 429. The van der Waals surface area contributed by atoms with Crippen molar-refractivity contribution in [3.05, 3.63) is 28.2 Å². The maximum Gasteiger partial charge on any atom is 0.0970 e. The van der Waals surface area contributed by atoms with Crippen molar-refractivity contribution in [1.82, 2.24) is 5.32 Å². The van der Waals surface area contributed by atoms with Gasteiger partial charge in [-0.1, -0.05) is 15.9 Å². The summed E-state index contributed by atoms with van der Waals surface area (Å²) in [6.07, 6.45) is 0.143. The van der Waals surface area contributed by atoms with Gasteiger partial charge in [-0.2, -0.15) is 0 Å². The molecule has 19 heavy (non-hydrogen) atoms. The normalized spacial score (nSPS) is 24.5. The molecule has 0 radical (unpaired) electrons. The van der Waals surface area contributed by atoms with Gasteiger partial charge in [0.15, 0.2) is 0 Å². The molecule has 0 amide bonds. The fraction of sp³-hybridized carbons (Fsp3) is 0.571. The molecular weight excluding hydrogens is 308 g/mol. The van der Waals surface area contributed by atoms with Crippen LogP contribution in [0.15, 0.2) is 22.7 Å². The van der Waals surface area contributed by atoms with Crippen molar-refractivity contribution < 1.29 is 9.47 Å². The van der Waals surface area contributed by atoms with Crippen LogP contribution in [0.2, 0.25) is 0 Å². The summed E-state index contributed by atoms with van der Waals surface area (Å²) in [6.45, 7) is 6.12. The van der Waals surface area contributed by atoms with Crippen molar-refractivity contribution in [3.8, 4) is 0 Å². The Hall–Kier alpha value is -0.620. The molecule has 1 aromatic rings. The number of benzene rings is 1. The zero-order valence-electron chi connectivity index (χ0n) is 10.9. The Morgan fingerprint density at radius 1 is 1.21 bits per heavy atom. The van der Waals surface area contributed by atoms with Crippen molar-refractivity contribution in [3.63, 3.8) is 0 Å². The van der Waals surface area contributed by atoms with Crippen LogP contribution in [0, 0.1) is 0 Å². The summed E-state index contributed by atoms with van der Waals surface area (Å²) in [5, 5.41) is 3.40. The number of halogens is 1. The predicted molar refractivity (Wildman–Crippen MR) is 78.7 cm³/mol. The van der Waals surface area contributed by atoms with Crippen LogP contribution >= 0.6 is 15.9 Å². The lowest BCUT2D eigenvalue weighted by molar-refractivity contribution is 0.0277. The Morgan fingerprint density at radius 2 is 2.05 bits per heavy atom. The number of nitrogens with zero attached hydrogens (tertiary/aromatic N) is 1. The van der Waals surface area contributed by atoms with E-state index in [2.05, 4.69) is 44.3 Å². The van der Waals surface area contributed by atoms with Gasteiger partial charge in [0.05, 0.1) is 25.9 Å².